The largest absolute Gasteiger partial charge is 0.506 e. The molecule has 0 aliphatic carbocycles. The van der Waals surface area contributed by atoms with Gasteiger partial charge in [-0.15, -0.1) is 0 Å². The molecular weight excluding hydrogens is 444 g/mol. The Labute approximate surface area is 142 Å². The number of phenols is 1. The summed E-state index contributed by atoms with van der Waals surface area (Å²) in [5, 5.41) is 11.5. The topological polar surface area (TPSA) is 46.0 Å². The van der Waals surface area contributed by atoms with Crippen LogP contribution in [0.5, 0.6) is 5.75 Å². The number of phenolic OH excluding ortho intramolecular Hbond substituents is 1. The quantitative estimate of drug-likeness (QED) is 0.431. The summed E-state index contributed by atoms with van der Waals surface area (Å²) in [5.74, 6) is 0.239. The standard InChI is InChI=1S/C9H7NO.C9H7N.W/c11-8-5-1-3-7-4-2-6-10-9(7)8;1-2-6-9-8(4-1)5-3-7-10-9;/h1-6,11H;1-7H;. The maximum Gasteiger partial charge on any atom is 0.141 e. The zero-order valence-corrected chi connectivity index (χ0v) is 14.7. The van der Waals surface area contributed by atoms with E-state index in [1.54, 1.807) is 18.3 Å². The minimum Gasteiger partial charge on any atom is -0.506 e. The first-order valence-corrected chi connectivity index (χ1v) is 6.67. The van der Waals surface area contributed by atoms with E-state index in [1.807, 2.05) is 48.7 Å². The van der Waals surface area contributed by atoms with E-state index in [-0.39, 0.29) is 26.8 Å². The summed E-state index contributed by atoms with van der Waals surface area (Å²) in [7, 11) is 0. The van der Waals surface area contributed by atoms with Crippen molar-refractivity contribution < 1.29 is 26.2 Å². The minimum absolute atomic E-state index is 0. The molecule has 4 rings (SSSR count). The molecule has 4 heteroatoms. The summed E-state index contributed by atoms with van der Waals surface area (Å²) < 4.78 is 0. The summed E-state index contributed by atoms with van der Waals surface area (Å²) in [6, 6.07) is 21.2. The van der Waals surface area contributed by atoms with Crippen LogP contribution >= 0.6 is 0 Å². The Morgan fingerprint density at radius 2 is 1.27 bits per heavy atom. The molecule has 0 atom stereocenters. The van der Waals surface area contributed by atoms with E-state index in [0.29, 0.717) is 5.52 Å². The van der Waals surface area contributed by atoms with Gasteiger partial charge in [0.25, 0.3) is 0 Å². The van der Waals surface area contributed by atoms with E-state index in [2.05, 4.69) is 22.1 Å². The molecule has 0 radical (unpaired) electrons. The second-order valence-corrected chi connectivity index (χ2v) is 4.55. The molecule has 0 aliphatic heterocycles. The van der Waals surface area contributed by atoms with Gasteiger partial charge in [-0.2, -0.15) is 0 Å². The van der Waals surface area contributed by atoms with Crippen LogP contribution in [0.25, 0.3) is 21.8 Å². The molecule has 108 valence electrons. The Hall–Kier alpha value is -2.25. The second kappa shape index (κ2) is 7.67. The number of hydrogen-bond acceptors (Lipinski definition) is 3. The predicted octanol–water partition coefficient (Wildman–Crippen LogP) is 4.17. The van der Waals surface area contributed by atoms with Gasteiger partial charge in [-0.1, -0.05) is 42.5 Å². The number of nitrogens with zero attached hydrogens (tertiary/aromatic N) is 2. The average Bonchev–Trinajstić information content (AvgIpc) is 2.56. The number of rotatable bonds is 0. The zero-order chi connectivity index (χ0) is 14.5. The molecule has 0 unspecified atom stereocenters. The molecule has 0 saturated carbocycles. The number of pyridine rings is 2. The van der Waals surface area contributed by atoms with Gasteiger partial charge in [-0.05, 0) is 24.3 Å². The van der Waals surface area contributed by atoms with Crippen molar-refractivity contribution in [3.8, 4) is 5.75 Å². The van der Waals surface area contributed by atoms with Crippen LogP contribution in [-0.2, 0) is 21.1 Å². The Bertz CT molecular complexity index is 810. The molecule has 0 aliphatic rings. The number of hydrogen-bond donors (Lipinski definition) is 1. The van der Waals surface area contributed by atoms with E-state index in [9.17, 15) is 5.11 Å². The maximum absolute atomic E-state index is 9.31. The SMILES string of the molecule is Oc1cccc2cccnc12.[W].c1ccc2ncccc2c1. The van der Waals surface area contributed by atoms with E-state index in [4.69, 9.17) is 0 Å². The van der Waals surface area contributed by atoms with Crippen molar-refractivity contribution in [3.63, 3.8) is 0 Å². The van der Waals surface area contributed by atoms with E-state index in [1.165, 1.54) is 5.39 Å². The average molecular weight is 458 g/mol. The molecule has 0 fully saturated rings. The van der Waals surface area contributed by atoms with E-state index in [0.717, 1.165) is 10.9 Å². The first kappa shape index (κ1) is 16.1. The molecule has 1 N–H and O–H groups in total. The Kier molecular flexibility index (Phi) is 5.62. The van der Waals surface area contributed by atoms with Crippen LogP contribution in [0.3, 0.4) is 0 Å². The summed E-state index contributed by atoms with van der Waals surface area (Å²) in [6.07, 6.45) is 3.48. The molecule has 2 heterocycles. The van der Waals surface area contributed by atoms with Crippen LogP contribution < -0.4 is 0 Å². The summed E-state index contributed by atoms with van der Waals surface area (Å²) in [6.45, 7) is 0. The van der Waals surface area contributed by atoms with Crippen molar-refractivity contribution in [2.24, 2.45) is 0 Å². The Morgan fingerprint density at radius 3 is 2.05 bits per heavy atom. The van der Waals surface area contributed by atoms with Crippen molar-refractivity contribution >= 4 is 21.8 Å². The number of aromatic hydroxyl groups is 1. The first-order valence-electron chi connectivity index (χ1n) is 6.67. The summed E-state index contributed by atoms with van der Waals surface area (Å²) >= 11 is 0. The fourth-order valence-electron chi connectivity index (χ4n) is 2.10. The van der Waals surface area contributed by atoms with Gasteiger partial charge in [0, 0.05) is 44.2 Å². The fraction of sp³-hybridized carbons (Fsp3) is 0. The molecule has 2 aromatic heterocycles. The monoisotopic (exact) mass is 458 g/mol. The predicted molar refractivity (Wildman–Crippen MR) is 85.2 cm³/mol. The molecule has 2 aromatic carbocycles. The van der Waals surface area contributed by atoms with Gasteiger partial charge in [0.2, 0.25) is 0 Å². The minimum atomic E-state index is 0. The van der Waals surface area contributed by atoms with Gasteiger partial charge in [-0.25, -0.2) is 0 Å². The van der Waals surface area contributed by atoms with Crippen LogP contribution in [-0.4, -0.2) is 15.1 Å². The molecule has 0 spiro atoms. The molecule has 22 heavy (non-hydrogen) atoms. The summed E-state index contributed by atoms with van der Waals surface area (Å²) in [5.41, 5.74) is 1.72. The third-order valence-corrected chi connectivity index (χ3v) is 3.12. The van der Waals surface area contributed by atoms with Crippen molar-refractivity contribution in [1.29, 1.82) is 0 Å². The third kappa shape index (κ3) is 3.69. The van der Waals surface area contributed by atoms with Crippen molar-refractivity contribution in [3.05, 3.63) is 79.1 Å². The van der Waals surface area contributed by atoms with Gasteiger partial charge in [0.15, 0.2) is 0 Å². The molecule has 0 bridgehead atoms. The number of para-hydroxylation sites is 2. The van der Waals surface area contributed by atoms with Crippen molar-refractivity contribution in [1.82, 2.24) is 9.97 Å². The van der Waals surface area contributed by atoms with Gasteiger partial charge >= 0.3 is 0 Å². The Morgan fingerprint density at radius 1 is 0.636 bits per heavy atom. The fourth-order valence-corrected chi connectivity index (χ4v) is 2.10. The van der Waals surface area contributed by atoms with Crippen molar-refractivity contribution in [2.75, 3.05) is 0 Å². The van der Waals surface area contributed by atoms with Crippen LogP contribution in [0.1, 0.15) is 0 Å². The molecule has 3 nitrogen and oxygen atoms in total. The molecule has 0 saturated heterocycles. The van der Waals surface area contributed by atoms with Crippen molar-refractivity contribution in [2.45, 2.75) is 0 Å². The number of benzene rings is 2. The van der Waals surface area contributed by atoms with Gasteiger partial charge < -0.3 is 5.11 Å². The zero-order valence-electron chi connectivity index (χ0n) is 11.8. The second-order valence-electron chi connectivity index (χ2n) is 4.55. The molecule has 0 amide bonds. The Balaban J connectivity index is 0.000000154. The van der Waals surface area contributed by atoms with Gasteiger partial charge in [-0.3, -0.25) is 9.97 Å². The van der Waals surface area contributed by atoms with E-state index < -0.39 is 0 Å². The van der Waals surface area contributed by atoms with Crippen LogP contribution in [0.4, 0.5) is 0 Å². The third-order valence-electron chi connectivity index (χ3n) is 3.12. The van der Waals surface area contributed by atoms with Gasteiger partial charge in [0.05, 0.1) is 5.52 Å². The van der Waals surface area contributed by atoms with E-state index >= 15 is 0 Å². The smallest absolute Gasteiger partial charge is 0.141 e. The number of fused-ring (bicyclic) bond motifs is 2. The van der Waals surface area contributed by atoms with Crippen LogP contribution in [0.2, 0.25) is 0 Å². The first-order chi connectivity index (χ1) is 10.3. The molecular formula is C18H14N2OW. The van der Waals surface area contributed by atoms with Crippen LogP contribution in [0, 0.1) is 0 Å². The molecule has 4 aromatic rings. The maximum atomic E-state index is 9.31. The van der Waals surface area contributed by atoms with Gasteiger partial charge in [0.1, 0.15) is 11.3 Å². The van der Waals surface area contributed by atoms with Crippen LogP contribution in [0.15, 0.2) is 79.1 Å². The number of aromatic nitrogens is 2. The summed E-state index contributed by atoms with van der Waals surface area (Å²) in [4.78, 5) is 8.21. The normalized spacial score (nSPS) is 9.64.